The number of para-hydroxylation sites is 1. The molecule has 21 heavy (non-hydrogen) atoms. The van der Waals surface area contributed by atoms with Crippen LogP contribution in [0.1, 0.15) is 13.8 Å². The van der Waals surface area contributed by atoms with E-state index in [0.717, 1.165) is 12.2 Å². The summed E-state index contributed by atoms with van der Waals surface area (Å²) in [5.74, 6) is 0.449. The van der Waals surface area contributed by atoms with Crippen molar-refractivity contribution in [3.8, 4) is 5.75 Å². The van der Waals surface area contributed by atoms with Crippen LogP contribution in [-0.4, -0.2) is 12.8 Å². The molecule has 0 bridgehead atoms. The van der Waals surface area contributed by atoms with Gasteiger partial charge in [-0.3, -0.25) is 0 Å². The Bertz CT molecular complexity index is 581. The number of hydrogen-bond acceptors (Lipinski definition) is 2. The molecule has 0 aliphatic rings. The first-order valence-corrected chi connectivity index (χ1v) is 7.79. The maximum Gasteiger partial charge on any atom is 0.169 e. The number of rotatable bonds is 5. The van der Waals surface area contributed by atoms with Gasteiger partial charge in [0.15, 0.2) is 12.0 Å². The highest BCUT2D eigenvalue weighted by molar-refractivity contribution is 6.40. The lowest BCUT2D eigenvalue weighted by atomic mass is 10.3. The van der Waals surface area contributed by atoms with Crippen molar-refractivity contribution in [1.29, 1.82) is 0 Å². The smallest absolute Gasteiger partial charge is 0.169 e. The van der Waals surface area contributed by atoms with Gasteiger partial charge in [0.1, 0.15) is 0 Å². The second-order valence-electron chi connectivity index (χ2n) is 4.54. The zero-order valence-corrected chi connectivity index (χ0v) is 14.1. The summed E-state index contributed by atoms with van der Waals surface area (Å²) in [4.78, 5) is 2.11. The van der Waals surface area contributed by atoms with Gasteiger partial charge < -0.3 is 9.64 Å². The minimum atomic E-state index is -0.214. The van der Waals surface area contributed by atoms with Crippen molar-refractivity contribution in [1.82, 2.24) is 0 Å². The maximum absolute atomic E-state index is 6.16. The standard InChI is InChI=1S/C16H16Cl3NO/c1-3-20(13-7-5-4-6-8-13)11(2)21-16-14(18)9-12(17)10-15(16)19/h4-11H,3H2,1-2H3. The molecule has 0 aromatic heterocycles. The zero-order chi connectivity index (χ0) is 15.4. The van der Waals surface area contributed by atoms with E-state index in [2.05, 4.69) is 11.8 Å². The highest BCUT2D eigenvalue weighted by Crippen LogP contribution is 2.37. The minimum Gasteiger partial charge on any atom is -0.468 e. The Hall–Kier alpha value is -1.09. The molecule has 112 valence electrons. The van der Waals surface area contributed by atoms with Gasteiger partial charge in [0.2, 0.25) is 0 Å². The Balaban J connectivity index is 2.23. The number of benzene rings is 2. The van der Waals surface area contributed by atoms with Crippen molar-refractivity contribution in [2.75, 3.05) is 11.4 Å². The van der Waals surface area contributed by atoms with Gasteiger partial charge in [0.25, 0.3) is 0 Å². The van der Waals surface area contributed by atoms with Gasteiger partial charge in [-0.1, -0.05) is 53.0 Å². The highest BCUT2D eigenvalue weighted by atomic mass is 35.5. The van der Waals surface area contributed by atoms with Crippen molar-refractivity contribution in [3.63, 3.8) is 0 Å². The predicted molar refractivity (Wildman–Crippen MR) is 91.0 cm³/mol. The van der Waals surface area contributed by atoms with E-state index in [1.54, 1.807) is 12.1 Å². The molecule has 0 fully saturated rings. The number of anilines is 1. The van der Waals surface area contributed by atoms with Crippen LogP contribution >= 0.6 is 34.8 Å². The predicted octanol–water partition coefficient (Wildman–Crippen LogP) is 5.90. The average molecular weight is 345 g/mol. The van der Waals surface area contributed by atoms with E-state index in [9.17, 15) is 0 Å². The third-order valence-electron chi connectivity index (χ3n) is 3.12. The van der Waals surface area contributed by atoms with Gasteiger partial charge in [0.05, 0.1) is 10.0 Å². The summed E-state index contributed by atoms with van der Waals surface area (Å²) >= 11 is 18.2. The second-order valence-corrected chi connectivity index (χ2v) is 5.79. The lowest BCUT2D eigenvalue weighted by Crippen LogP contribution is -2.37. The number of nitrogens with zero attached hydrogens (tertiary/aromatic N) is 1. The fraction of sp³-hybridized carbons (Fsp3) is 0.250. The summed E-state index contributed by atoms with van der Waals surface area (Å²) < 4.78 is 5.94. The van der Waals surface area contributed by atoms with Crippen LogP contribution in [0.3, 0.4) is 0 Å². The number of halogens is 3. The molecule has 1 atom stereocenters. The van der Waals surface area contributed by atoms with Gasteiger partial charge in [-0.15, -0.1) is 0 Å². The Morgan fingerprint density at radius 2 is 1.62 bits per heavy atom. The third-order valence-corrected chi connectivity index (χ3v) is 3.90. The van der Waals surface area contributed by atoms with E-state index >= 15 is 0 Å². The minimum absolute atomic E-state index is 0.214. The quantitative estimate of drug-likeness (QED) is 0.626. The molecule has 0 saturated heterocycles. The van der Waals surface area contributed by atoms with E-state index in [-0.39, 0.29) is 6.23 Å². The first-order valence-electron chi connectivity index (χ1n) is 6.65. The van der Waals surface area contributed by atoms with E-state index in [1.165, 1.54) is 0 Å². The van der Waals surface area contributed by atoms with Crippen molar-refractivity contribution < 1.29 is 4.74 Å². The van der Waals surface area contributed by atoms with Gasteiger partial charge in [0, 0.05) is 17.3 Å². The van der Waals surface area contributed by atoms with E-state index in [1.807, 2.05) is 37.3 Å². The molecule has 0 spiro atoms. The van der Waals surface area contributed by atoms with Crippen molar-refractivity contribution in [2.24, 2.45) is 0 Å². The van der Waals surface area contributed by atoms with Gasteiger partial charge in [-0.2, -0.15) is 0 Å². The largest absolute Gasteiger partial charge is 0.468 e. The Morgan fingerprint density at radius 1 is 1.05 bits per heavy atom. The van der Waals surface area contributed by atoms with Crippen LogP contribution in [0, 0.1) is 0 Å². The van der Waals surface area contributed by atoms with Gasteiger partial charge in [-0.05, 0) is 38.1 Å². The lowest BCUT2D eigenvalue weighted by molar-refractivity contribution is 0.216. The van der Waals surface area contributed by atoms with Crippen molar-refractivity contribution in [2.45, 2.75) is 20.1 Å². The molecule has 0 aliphatic carbocycles. The third kappa shape index (κ3) is 3.97. The summed E-state index contributed by atoms with van der Waals surface area (Å²) in [7, 11) is 0. The van der Waals surface area contributed by atoms with E-state index in [4.69, 9.17) is 39.5 Å². The molecule has 0 N–H and O–H groups in total. The van der Waals surface area contributed by atoms with Crippen molar-refractivity contribution >= 4 is 40.5 Å². The monoisotopic (exact) mass is 343 g/mol. The topological polar surface area (TPSA) is 12.5 Å². The fourth-order valence-electron chi connectivity index (χ4n) is 2.14. The molecule has 5 heteroatoms. The summed E-state index contributed by atoms with van der Waals surface area (Å²) in [6, 6.07) is 13.3. The molecule has 0 radical (unpaired) electrons. The van der Waals surface area contributed by atoms with Crippen LogP contribution in [0.15, 0.2) is 42.5 Å². The first-order chi connectivity index (χ1) is 10.0. The second kappa shape index (κ2) is 7.26. The normalized spacial score (nSPS) is 12.0. The highest BCUT2D eigenvalue weighted by Gasteiger charge is 2.18. The zero-order valence-electron chi connectivity index (χ0n) is 11.8. The number of ether oxygens (including phenoxy) is 1. The molecular formula is C16H16Cl3NO. The first kappa shape index (κ1) is 16.3. The number of hydrogen-bond donors (Lipinski definition) is 0. The molecule has 0 amide bonds. The summed E-state index contributed by atoms with van der Waals surface area (Å²) in [5.41, 5.74) is 1.08. The van der Waals surface area contributed by atoms with Crippen LogP contribution in [0.5, 0.6) is 5.75 Å². The Labute approximate surface area is 140 Å². The lowest BCUT2D eigenvalue weighted by Gasteiger charge is -2.30. The molecule has 2 rings (SSSR count). The molecule has 2 aromatic rings. The Kier molecular flexibility index (Phi) is 5.63. The Morgan fingerprint density at radius 3 is 2.14 bits per heavy atom. The molecule has 0 saturated carbocycles. The van der Waals surface area contributed by atoms with Crippen LogP contribution in [0.25, 0.3) is 0 Å². The molecule has 1 unspecified atom stereocenters. The molecule has 0 aliphatic heterocycles. The fourth-order valence-corrected chi connectivity index (χ4v) is 3.05. The van der Waals surface area contributed by atoms with Crippen molar-refractivity contribution in [3.05, 3.63) is 57.5 Å². The van der Waals surface area contributed by atoms with Gasteiger partial charge in [-0.25, -0.2) is 0 Å². The van der Waals surface area contributed by atoms with E-state index < -0.39 is 0 Å². The summed E-state index contributed by atoms with van der Waals surface area (Å²) in [5, 5.41) is 1.30. The maximum atomic E-state index is 6.16. The van der Waals surface area contributed by atoms with Crippen LogP contribution in [0.4, 0.5) is 5.69 Å². The van der Waals surface area contributed by atoms with Crippen LogP contribution < -0.4 is 9.64 Å². The molecule has 0 heterocycles. The van der Waals surface area contributed by atoms with Crippen LogP contribution in [-0.2, 0) is 0 Å². The summed E-state index contributed by atoms with van der Waals surface area (Å²) in [6.07, 6.45) is -0.214. The van der Waals surface area contributed by atoms with Gasteiger partial charge >= 0.3 is 0 Å². The molecule has 2 aromatic carbocycles. The average Bonchev–Trinajstić information content (AvgIpc) is 2.45. The van der Waals surface area contributed by atoms with Crippen LogP contribution in [0.2, 0.25) is 15.1 Å². The van der Waals surface area contributed by atoms with E-state index in [0.29, 0.717) is 20.8 Å². The summed E-state index contributed by atoms with van der Waals surface area (Å²) in [6.45, 7) is 4.82. The molecular weight excluding hydrogens is 329 g/mol. The molecule has 2 nitrogen and oxygen atoms in total. The SMILES string of the molecule is CCN(c1ccccc1)C(C)Oc1c(Cl)cc(Cl)cc1Cl.